The molecule has 0 spiro atoms. The fraction of sp³-hybridized carbons (Fsp3) is 0.267. The van der Waals surface area contributed by atoms with Gasteiger partial charge < -0.3 is 4.74 Å². The van der Waals surface area contributed by atoms with Crippen LogP contribution in [-0.2, 0) is 5.92 Å². The molecule has 1 unspecified atom stereocenters. The van der Waals surface area contributed by atoms with Gasteiger partial charge in [-0.3, -0.25) is 4.98 Å². The van der Waals surface area contributed by atoms with Gasteiger partial charge in [0.2, 0.25) is 0 Å². The van der Waals surface area contributed by atoms with Gasteiger partial charge >= 0.3 is 11.8 Å². The van der Waals surface area contributed by atoms with Gasteiger partial charge in [0.05, 0.1) is 25.8 Å². The van der Waals surface area contributed by atoms with Crippen molar-refractivity contribution in [3.8, 4) is 11.5 Å². The first-order valence-corrected chi connectivity index (χ1v) is 6.82. The lowest BCUT2D eigenvalue weighted by atomic mass is 9.78. The van der Waals surface area contributed by atoms with Gasteiger partial charge in [-0.25, -0.2) is 13.2 Å². The van der Waals surface area contributed by atoms with Crippen LogP contribution in [0.2, 0.25) is 0 Å². The molecule has 130 valence electrons. The normalized spacial score (nSPS) is 20.6. The van der Waals surface area contributed by atoms with Gasteiger partial charge in [0.15, 0.2) is 0 Å². The predicted octanol–water partition coefficient (Wildman–Crippen LogP) is 4.90. The van der Waals surface area contributed by atoms with E-state index in [0.717, 1.165) is 18.5 Å². The quantitative estimate of drug-likeness (QED) is 0.573. The average Bonchev–Trinajstić information content (AvgIpc) is 2.65. The largest absolute Gasteiger partial charge is 0.455 e. The van der Waals surface area contributed by atoms with Crippen molar-refractivity contribution in [2.75, 3.05) is 0 Å². The average molecular weight is 361 g/mol. The Morgan fingerprint density at radius 1 is 1.12 bits per heavy atom. The van der Waals surface area contributed by atoms with Crippen molar-refractivity contribution in [2.24, 2.45) is 0 Å². The van der Waals surface area contributed by atoms with Gasteiger partial charge in [0.25, 0.3) is 6.43 Å². The van der Waals surface area contributed by atoms with Crippen LogP contribution in [0.1, 0.15) is 28.9 Å². The maximum absolute atomic E-state index is 13.8. The number of halogens is 7. The van der Waals surface area contributed by atoms with Crippen molar-refractivity contribution in [3.63, 3.8) is 0 Å². The van der Waals surface area contributed by atoms with Crippen molar-refractivity contribution in [3.05, 3.63) is 53.1 Å². The van der Waals surface area contributed by atoms with Gasteiger partial charge in [0, 0.05) is 17.4 Å². The van der Waals surface area contributed by atoms with E-state index in [9.17, 15) is 30.7 Å². The number of pyridine rings is 1. The molecule has 1 aromatic carbocycles. The van der Waals surface area contributed by atoms with Gasteiger partial charge in [-0.1, -0.05) is 0 Å². The van der Waals surface area contributed by atoms with Crippen LogP contribution in [0.3, 0.4) is 0 Å². The summed E-state index contributed by atoms with van der Waals surface area (Å²) in [6.45, 7) is 0. The molecule has 0 bridgehead atoms. The zero-order valence-electron chi connectivity index (χ0n) is 12.1. The molecule has 0 aliphatic heterocycles. The number of alkyl halides is 6. The number of hydrogen-bond donors (Lipinski definition) is 0. The SMILES string of the molecule is [B]C1c2c(ccc(Oc3cncc(F)c3)c2C(F)F)C(F)(F)C1(F)F. The van der Waals surface area contributed by atoms with Crippen LogP contribution in [0.4, 0.5) is 30.7 Å². The number of fused-ring (bicyclic) bond motifs is 1. The molecule has 1 aromatic heterocycles. The van der Waals surface area contributed by atoms with Crippen LogP contribution in [0.15, 0.2) is 30.6 Å². The lowest BCUT2D eigenvalue weighted by Gasteiger charge is -2.22. The summed E-state index contributed by atoms with van der Waals surface area (Å²) in [5, 5.41) is 0. The second-order valence-corrected chi connectivity index (χ2v) is 5.36. The van der Waals surface area contributed by atoms with E-state index in [1.54, 1.807) is 0 Å². The molecule has 0 saturated heterocycles. The Hall–Kier alpha value is -2.26. The summed E-state index contributed by atoms with van der Waals surface area (Å²) in [6.07, 6.45) is -1.63. The summed E-state index contributed by atoms with van der Waals surface area (Å²) < 4.78 is 100. The van der Waals surface area contributed by atoms with Crippen LogP contribution < -0.4 is 4.74 Å². The maximum Gasteiger partial charge on any atom is 0.335 e. The van der Waals surface area contributed by atoms with Crippen LogP contribution in [0, 0.1) is 5.82 Å². The van der Waals surface area contributed by atoms with Crippen LogP contribution in [-0.4, -0.2) is 18.8 Å². The Kier molecular flexibility index (Phi) is 3.96. The molecule has 2 radical (unpaired) electrons. The second kappa shape index (κ2) is 5.64. The molecule has 2 nitrogen and oxygen atoms in total. The van der Waals surface area contributed by atoms with Crippen molar-refractivity contribution in [1.82, 2.24) is 4.98 Å². The Balaban J connectivity index is 2.17. The van der Waals surface area contributed by atoms with E-state index in [1.807, 2.05) is 0 Å². The minimum atomic E-state index is -4.74. The molecular weight excluding hydrogens is 354 g/mol. The Morgan fingerprint density at radius 3 is 2.40 bits per heavy atom. The van der Waals surface area contributed by atoms with Gasteiger partial charge in [0.1, 0.15) is 17.3 Å². The molecule has 1 heterocycles. The Bertz CT molecular complexity index is 828. The fourth-order valence-electron chi connectivity index (χ4n) is 2.67. The van der Waals surface area contributed by atoms with Gasteiger partial charge in [-0.15, -0.1) is 0 Å². The predicted molar refractivity (Wildman–Crippen MR) is 73.0 cm³/mol. The maximum atomic E-state index is 13.8. The van der Waals surface area contributed by atoms with Crippen molar-refractivity contribution >= 4 is 7.85 Å². The number of hydrogen-bond acceptors (Lipinski definition) is 2. The van der Waals surface area contributed by atoms with E-state index in [1.165, 1.54) is 0 Å². The molecule has 25 heavy (non-hydrogen) atoms. The van der Waals surface area contributed by atoms with E-state index >= 15 is 0 Å². The number of benzene rings is 1. The third-order valence-corrected chi connectivity index (χ3v) is 3.83. The lowest BCUT2D eigenvalue weighted by molar-refractivity contribution is -0.205. The topological polar surface area (TPSA) is 22.1 Å². The smallest absolute Gasteiger partial charge is 0.335 e. The van der Waals surface area contributed by atoms with E-state index in [-0.39, 0.29) is 5.75 Å². The summed E-state index contributed by atoms with van der Waals surface area (Å²) >= 11 is 0. The Morgan fingerprint density at radius 2 is 1.80 bits per heavy atom. The summed E-state index contributed by atoms with van der Waals surface area (Å²) in [5.41, 5.74) is -3.55. The molecule has 1 atom stereocenters. The molecule has 0 amide bonds. The first-order valence-electron chi connectivity index (χ1n) is 6.82. The fourth-order valence-corrected chi connectivity index (χ4v) is 2.67. The third kappa shape index (κ3) is 2.54. The number of aromatic nitrogens is 1. The number of rotatable bonds is 3. The molecule has 0 fully saturated rings. The molecule has 0 saturated carbocycles. The van der Waals surface area contributed by atoms with E-state index in [0.29, 0.717) is 12.1 Å². The molecule has 3 rings (SSSR count). The molecule has 1 aliphatic rings. The van der Waals surface area contributed by atoms with E-state index < -0.39 is 52.3 Å². The summed E-state index contributed by atoms with van der Waals surface area (Å²) in [4.78, 5) is 3.44. The molecule has 1 aliphatic carbocycles. The minimum absolute atomic E-state index is 0.313. The van der Waals surface area contributed by atoms with Gasteiger partial charge in [-0.2, -0.15) is 17.6 Å². The highest BCUT2D eigenvalue weighted by molar-refractivity contribution is 6.14. The highest BCUT2D eigenvalue weighted by atomic mass is 19.3. The van der Waals surface area contributed by atoms with Gasteiger partial charge in [-0.05, 0) is 17.7 Å². The second-order valence-electron chi connectivity index (χ2n) is 5.36. The summed E-state index contributed by atoms with van der Waals surface area (Å²) in [6, 6.07) is 2.04. The van der Waals surface area contributed by atoms with Crippen LogP contribution >= 0.6 is 0 Å². The number of nitrogens with zero attached hydrogens (tertiary/aromatic N) is 1. The third-order valence-electron chi connectivity index (χ3n) is 3.83. The molecule has 0 N–H and O–H groups in total. The van der Waals surface area contributed by atoms with Crippen molar-refractivity contribution in [1.29, 1.82) is 0 Å². The summed E-state index contributed by atoms with van der Waals surface area (Å²) in [7, 11) is 5.13. The van der Waals surface area contributed by atoms with Crippen LogP contribution in [0.25, 0.3) is 0 Å². The molecular formula is C15H7BF7NO. The standard InChI is InChI=1S/C15H7BF7NO/c16-12-10-8(14(20,21)15(12,22)23)1-2-9(11(10)13(18)19)25-7-3-6(17)4-24-5-7/h1-5,12-13H. The first kappa shape index (κ1) is 17.6. The van der Waals surface area contributed by atoms with E-state index in [2.05, 4.69) is 4.98 Å². The number of ether oxygens (including phenoxy) is 1. The zero-order valence-corrected chi connectivity index (χ0v) is 12.1. The highest BCUT2D eigenvalue weighted by Crippen LogP contribution is 2.60. The van der Waals surface area contributed by atoms with Crippen LogP contribution in [0.5, 0.6) is 11.5 Å². The minimum Gasteiger partial charge on any atom is -0.455 e. The highest BCUT2D eigenvalue weighted by Gasteiger charge is 2.67. The first-order chi connectivity index (χ1) is 11.6. The molecule has 10 heteroatoms. The van der Waals surface area contributed by atoms with Crippen molar-refractivity contribution in [2.45, 2.75) is 24.1 Å². The van der Waals surface area contributed by atoms with E-state index in [4.69, 9.17) is 12.6 Å². The molecule has 2 aromatic rings. The monoisotopic (exact) mass is 361 g/mol. The summed E-state index contributed by atoms with van der Waals surface area (Å²) in [5.74, 6) is -13.9. The lowest BCUT2D eigenvalue weighted by Crippen LogP contribution is -2.36. The zero-order chi connectivity index (χ0) is 18.6. The Labute approximate surface area is 138 Å². The van der Waals surface area contributed by atoms with Crippen molar-refractivity contribution < 1.29 is 35.5 Å².